The Labute approximate surface area is 151 Å². The first kappa shape index (κ1) is 20.4. The first-order valence-electron chi connectivity index (χ1n) is 7.26. The van der Waals surface area contributed by atoms with Gasteiger partial charge in [0.2, 0.25) is 15.7 Å². The van der Waals surface area contributed by atoms with Crippen LogP contribution in [0.15, 0.2) is 47.4 Å². The summed E-state index contributed by atoms with van der Waals surface area (Å²) in [6.07, 6.45) is 0. The molecule has 0 saturated heterocycles. The van der Waals surface area contributed by atoms with Crippen molar-refractivity contribution in [1.82, 2.24) is 5.32 Å². The molecule has 0 aliphatic rings. The first-order chi connectivity index (χ1) is 12.6. The number of amides is 2. The van der Waals surface area contributed by atoms with Gasteiger partial charge in [0.15, 0.2) is 11.6 Å². The number of carbonyl (C=O) groups is 2. The molecule has 0 spiro atoms. The van der Waals surface area contributed by atoms with Gasteiger partial charge in [0.25, 0.3) is 5.91 Å². The molecule has 0 fully saturated rings. The minimum atomic E-state index is -4.77. The third-order valence-corrected chi connectivity index (χ3v) is 4.69. The monoisotopic (exact) mass is 404 g/mol. The van der Waals surface area contributed by atoms with E-state index in [9.17, 15) is 35.6 Å². The average Bonchev–Trinajstić information content (AvgIpc) is 2.62. The number of nitrogens with one attached hydrogen (secondary N) is 2. The molecule has 6 nitrogen and oxygen atoms in total. The largest absolute Gasteiger partial charge is 0.343 e. The average molecular weight is 404 g/mol. The van der Waals surface area contributed by atoms with Crippen molar-refractivity contribution in [2.75, 3.05) is 11.9 Å². The van der Waals surface area contributed by atoms with Crippen LogP contribution in [0.1, 0.15) is 10.4 Å². The number of alkyl halides is 2. The summed E-state index contributed by atoms with van der Waals surface area (Å²) in [4.78, 5) is 22.9. The Bertz CT molecular complexity index is 963. The summed E-state index contributed by atoms with van der Waals surface area (Å²) in [6.45, 7) is -0.519. The number of anilines is 1. The van der Waals surface area contributed by atoms with Gasteiger partial charge in [-0.1, -0.05) is 0 Å². The van der Waals surface area contributed by atoms with Gasteiger partial charge in [0.1, 0.15) is 0 Å². The molecule has 0 radical (unpaired) electrons. The van der Waals surface area contributed by atoms with Gasteiger partial charge in [-0.2, -0.15) is 8.78 Å². The second kappa shape index (κ2) is 8.16. The molecule has 0 aliphatic heterocycles. The van der Waals surface area contributed by atoms with Crippen LogP contribution in [-0.2, 0) is 14.6 Å². The summed E-state index contributed by atoms with van der Waals surface area (Å²) in [5.41, 5.74) is -0.0847. The van der Waals surface area contributed by atoms with Gasteiger partial charge in [-0.05, 0) is 36.4 Å². The second-order valence-electron chi connectivity index (χ2n) is 5.19. The molecule has 11 heteroatoms. The molecule has 27 heavy (non-hydrogen) atoms. The topological polar surface area (TPSA) is 92.3 Å². The lowest BCUT2D eigenvalue weighted by molar-refractivity contribution is -0.115. The van der Waals surface area contributed by atoms with Crippen molar-refractivity contribution in [2.45, 2.75) is 10.7 Å². The molecule has 0 unspecified atom stereocenters. The smallest absolute Gasteiger partial charge is 0.341 e. The Morgan fingerprint density at radius 2 is 1.59 bits per heavy atom. The Morgan fingerprint density at radius 1 is 0.963 bits per heavy atom. The molecule has 2 N–H and O–H groups in total. The van der Waals surface area contributed by atoms with E-state index in [0.29, 0.717) is 0 Å². The summed E-state index contributed by atoms with van der Waals surface area (Å²) >= 11 is 0. The van der Waals surface area contributed by atoms with Crippen LogP contribution in [-0.4, -0.2) is 32.5 Å². The molecule has 2 aromatic carbocycles. The zero-order valence-electron chi connectivity index (χ0n) is 13.4. The molecule has 144 valence electrons. The summed E-state index contributed by atoms with van der Waals surface area (Å²) in [5, 5.41) is 4.44. The molecule has 0 aliphatic carbocycles. The molecule has 0 heterocycles. The van der Waals surface area contributed by atoms with E-state index in [2.05, 4.69) is 10.6 Å². The van der Waals surface area contributed by atoms with Gasteiger partial charge < -0.3 is 10.6 Å². The number of hydrogen-bond donors (Lipinski definition) is 2. The van der Waals surface area contributed by atoms with E-state index >= 15 is 0 Å². The van der Waals surface area contributed by atoms with Crippen LogP contribution in [0.25, 0.3) is 0 Å². The van der Waals surface area contributed by atoms with Crippen LogP contribution in [0.3, 0.4) is 0 Å². The molecule has 2 amide bonds. The van der Waals surface area contributed by atoms with Crippen LogP contribution >= 0.6 is 0 Å². The fourth-order valence-corrected chi connectivity index (χ4v) is 2.66. The van der Waals surface area contributed by atoms with Crippen molar-refractivity contribution in [2.24, 2.45) is 0 Å². The highest BCUT2D eigenvalue weighted by molar-refractivity contribution is 7.91. The lowest BCUT2D eigenvalue weighted by Crippen LogP contribution is -2.32. The maximum Gasteiger partial charge on any atom is 0.341 e. The van der Waals surface area contributed by atoms with Crippen molar-refractivity contribution in [3.8, 4) is 0 Å². The van der Waals surface area contributed by atoms with Crippen LogP contribution in [0.4, 0.5) is 23.2 Å². The molecular weight excluding hydrogens is 392 g/mol. The first-order valence-corrected chi connectivity index (χ1v) is 8.81. The Morgan fingerprint density at radius 3 is 2.15 bits per heavy atom. The van der Waals surface area contributed by atoms with E-state index < -0.39 is 50.5 Å². The van der Waals surface area contributed by atoms with Gasteiger partial charge in [0.05, 0.1) is 11.4 Å². The zero-order chi connectivity index (χ0) is 20.2. The van der Waals surface area contributed by atoms with E-state index in [4.69, 9.17) is 0 Å². The van der Waals surface area contributed by atoms with E-state index in [1.54, 1.807) is 0 Å². The van der Waals surface area contributed by atoms with E-state index in [0.717, 1.165) is 42.5 Å². The number of carbonyl (C=O) groups excluding carboxylic acids is 2. The number of hydrogen-bond acceptors (Lipinski definition) is 4. The van der Waals surface area contributed by atoms with Crippen LogP contribution < -0.4 is 10.6 Å². The predicted octanol–water partition coefficient (Wildman–Crippen LogP) is 2.33. The van der Waals surface area contributed by atoms with Gasteiger partial charge in [-0.15, -0.1) is 0 Å². The van der Waals surface area contributed by atoms with E-state index in [1.165, 1.54) is 0 Å². The summed E-state index contributed by atoms with van der Waals surface area (Å²) in [6, 6.07) is 6.42. The third kappa shape index (κ3) is 5.03. The Balaban J connectivity index is 1.95. The third-order valence-electron chi connectivity index (χ3n) is 3.29. The molecule has 0 aromatic heterocycles. The fourth-order valence-electron chi connectivity index (χ4n) is 1.94. The lowest BCUT2D eigenvalue weighted by atomic mass is 10.2. The Kier molecular flexibility index (Phi) is 6.16. The second-order valence-corrected chi connectivity index (χ2v) is 7.11. The highest BCUT2D eigenvalue weighted by atomic mass is 32.2. The highest BCUT2D eigenvalue weighted by Gasteiger charge is 2.26. The molecule has 2 rings (SSSR count). The number of halogens is 4. The summed E-state index contributed by atoms with van der Waals surface area (Å²) < 4.78 is 73.3. The standard InChI is InChI=1S/C16H12F4N2O4S/c17-12-6-3-10(7-13(12)18)22-14(23)8-21-15(24)9-1-4-11(5-2-9)27(25,26)16(19)20/h1-7,16H,8H2,(H,21,24)(H,22,23). The molecule has 2 aromatic rings. The van der Waals surface area contributed by atoms with Crippen molar-refractivity contribution < 1.29 is 35.6 Å². The predicted molar refractivity (Wildman–Crippen MR) is 87.0 cm³/mol. The molecule has 0 bridgehead atoms. The SMILES string of the molecule is O=C(CNC(=O)c1ccc(S(=O)(=O)C(F)F)cc1)Nc1ccc(F)c(F)c1. The highest BCUT2D eigenvalue weighted by Crippen LogP contribution is 2.18. The molecule has 0 atom stereocenters. The number of rotatable bonds is 6. The van der Waals surface area contributed by atoms with Crippen LogP contribution in [0.2, 0.25) is 0 Å². The minimum absolute atomic E-state index is 0.0188. The number of benzene rings is 2. The zero-order valence-corrected chi connectivity index (χ0v) is 14.2. The van der Waals surface area contributed by atoms with Crippen molar-refractivity contribution in [1.29, 1.82) is 0 Å². The summed E-state index contributed by atoms with van der Waals surface area (Å²) in [5.74, 6) is -7.32. The fraction of sp³-hybridized carbons (Fsp3) is 0.125. The normalized spacial score (nSPS) is 11.3. The van der Waals surface area contributed by atoms with Gasteiger partial charge in [-0.3, -0.25) is 9.59 Å². The van der Waals surface area contributed by atoms with Gasteiger partial charge in [-0.25, -0.2) is 17.2 Å². The lowest BCUT2D eigenvalue weighted by Gasteiger charge is -2.08. The Hall–Kier alpha value is -2.95. The van der Waals surface area contributed by atoms with Crippen LogP contribution in [0, 0.1) is 11.6 Å². The van der Waals surface area contributed by atoms with Crippen molar-refractivity contribution in [3.63, 3.8) is 0 Å². The molecule has 0 saturated carbocycles. The van der Waals surface area contributed by atoms with Crippen molar-refractivity contribution >= 4 is 27.3 Å². The quantitative estimate of drug-likeness (QED) is 0.723. The molecular formula is C16H12F4N2O4S. The van der Waals surface area contributed by atoms with E-state index in [1.807, 2.05) is 0 Å². The van der Waals surface area contributed by atoms with Gasteiger partial charge in [0, 0.05) is 17.3 Å². The summed E-state index contributed by atoms with van der Waals surface area (Å²) in [7, 11) is -4.77. The maximum absolute atomic E-state index is 13.0. The van der Waals surface area contributed by atoms with Crippen molar-refractivity contribution in [3.05, 3.63) is 59.7 Å². The maximum atomic E-state index is 13.0. The van der Waals surface area contributed by atoms with Gasteiger partial charge >= 0.3 is 5.76 Å². The number of sulfone groups is 1. The minimum Gasteiger partial charge on any atom is -0.343 e. The van der Waals surface area contributed by atoms with E-state index in [-0.39, 0.29) is 11.3 Å². The van der Waals surface area contributed by atoms with Crippen LogP contribution in [0.5, 0.6) is 0 Å².